The molecule has 1 aromatic heterocycles. The average molecular weight is 309 g/mol. The van der Waals surface area contributed by atoms with Crippen LogP contribution < -0.4 is 11.1 Å². The van der Waals surface area contributed by atoms with Crippen LogP contribution >= 0.6 is 15.9 Å². The Morgan fingerprint density at radius 3 is 2.83 bits per heavy atom. The monoisotopic (exact) mass is 308 g/mol. The largest absolute Gasteiger partial charge is 0.399 e. The lowest BCUT2D eigenvalue weighted by atomic mass is 10.2. The van der Waals surface area contributed by atoms with Gasteiger partial charge in [-0.1, -0.05) is 6.07 Å². The van der Waals surface area contributed by atoms with Crippen molar-refractivity contribution in [1.82, 2.24) is 4.98 Å². The molecule has 7 heteroatoms. The fourth-order valence-electron chi connectivity index (χ4n) is 1.45. The molecule has 2 aromatic rings. The molecule has 0 aliphatic carbocycles. The smallest absolute Gasteiger partial charge is 0.311 e. The first-order chi connectivity index (χ1) is 8.58. The van der Waals surface area contributed by atoms with Crippen molar-refractivity contribution < 1.29 is 4.92 Å². The van der Waals surface area contributed by atoms with E-state index in [4.69, 9.17) is 5.73 Å². The fraction of sp³-hybridized carbons (Fsp3) is 0. The summed E-state index contributed by atoms with van der Waals surface area (Å²) < 4.78 is 0.513. The molecule has 3 N–H and O–H groups in total. The van der Waals surface area contributed by atoms with Crippen LogP contribution in [0.25, 0.3) is 0 Å². The van der Waals surface area contributed by atoms with Gasteiger partial charge in [0.05, 0.1) is 9.40 Å². The summed E-state index contributed by atoms with van der Waals surface area (Å²) in [6.45, 7) is 0. The number of benzene rings is 1. The summed E-state index contributed by atoms with van der Waals surface area (Å²) in [6, 6.07) is 6.96. The summed E-state index contributed by atoms with van der Waals surface area (Å²) >= 11 is 3.23. The van der Waals surface area contributed by atoms with Gasteiger partial charge in [-0.15, -0.1) is 0 Å². The van der Waals surface area contributed by atoms with Gasteiger partial charge in [0.2, 0.25) is 0 Å². The summed E-state index contributed by atoms with van der Waals surface area (Å²) in [5.41, 5.74) is 7.14. The van der Waals surface area contributed by atoms with Gasteiger partial charge in [0.1, 0.15) is 11.9 Å². The van der Waals surface area contributed by atoms with Crippen LogP contribution in [0.5, 0.6) is 0 Å². The Morgan fingerprint density at radius 1 is 1.39 bits per heavy atom. The minimum atomic E-state index is -0.494. The lowest BCUT2D eigenvalue weighted by molar-refractivity contribution is -0.384. The van der Waals surface area contributed by atoms with E-state index in [0.717, 1.165) is 0 Å². The van der Waals surface area contributed by atoms with Gasteiger partial charge in [0, 0.05) is 17.6 Å². The van der Waals surface area contributed by atoms with Gasteiger partial charge in [-0.2, -0.15) is 0 Å². The highest BCUT2D eigenvalue weighted by molar-refractivity contribution is 9.10. The highest BCUT2D eigenvalue weighted by atomic mass is 79.9. The van der Waals surface area contributed by atoms with Gasteiger partial charge >= 0.3 is 5.69 Å². The third kappa shape index (κ3) is 2.57. The number of hydrogen-bond acceptors (Lipinski definition) is 5. The fourth-order valence-corrected chi connectivity index (χ4v) is 1.87. The number of anilines is 3. The third-order valence-electron chi connectivity index (χ3n) is 2.23. The molecule has 0 radical (unpaired) electrons. The molecule has 0 saturated heterocycles. The maximum atomic E-state index is 10.9. The molecular formula is C11H9BrN4O2. The molecule has 92 valence electrons. The number of nitrogens with two attached hydrogens (primary N) is 1. The predicted octanol–water partition coefficient (Wildman–Crippen LogP) is 3.08. The number of hydrogen-bond donors (Lipinski definition) is 2. The van der Waals surface area contributed by atoms with Crippen LogP contribution in [0, 0.1) is 10.1 Å². The van der Waals surface area contributed by atoms with Crippen LogP contribution in [0.3, 0.4) is 0 Å². The zero-order valence-corrected chi connectivity index (χ0v) is 10.7. The summed E-state index contributed by atoms with van der Waals surface area (Å²) in [4.78, 5) is 14.2. The van der Waals surface area contributed by atoms with Crippen molar-refractivity contribution in [2.45, 2.75) is 0 Å². The molecule has 0 fully saturated rings. The first kappa shape index (κ1) is 12.3. The van der Waals surface area contributed by atoms with Crippen LogP contribution in [0.1, 0.15) is 0 Å². The first-order valence-corrected chi connectivity index (χ1v) is 5.77. The van der Waals surface area contributed by atoms with Crippen molar-refractivity contribution in [3.8, 4) is 0 Å². The Hall–Kier alpha value is -2.15. The van der Waals surface area contributed by atoms with Crippen molar-refractivity contribution in [3.05, 3.63) is 51.2 Å². The Balaban J connectivity index is 2.42. The number of rotatable bonds is 3. The average Bonchev–Trinajstić information content (AvgIpc) is 2.31. The second kappa shape index (κ2) is 5.01. The van der Waals surface area contributed by atoms with Crippen LogP contribution in [0.15, 0.2) is 41.1 Å². The van der Waals surface area contributed by atoms with E-state index in [2.05, 4.69) is 26.2 Å². The van der Waals surface area contributed by atoms with Gasteiger partial charge in [-0.05, 0) is 34.1 Å². The van der Waals surface area contributed by atoms with Crippen LogP contribution in [-0.4, -0.2) is 9.91 Å². The first-order valence-electron chi connectivity index (χ1n) is 4.98. The van der Waals surface area contributed by atoms with E-state index in [9.17, 15) is 10.1 Å². The quantitative estimate of drug-likeness (QED) is 0.516. The highest BCUT2D eigenvalue weighted by Gasteiger charge is 2.17. The van der Waals surface area contributed by atoms with E-state index in [1.807, 2.05) is 0 Å². The molecule has 0 amide bonds. The minimum absolute atomic E-state index is 0.105. The number of halogens is 1. The summed E-state index contributed by atoms with van der Waals surface area (Å²) in [5.74, 6) is 0. The van der Waals surface area contributed by atoms with E-state index in [-0.39, 0.29) is 5.69 Å². The molecule has 2 rings (SSSR count). The molecule has 0 saturated carbocycles. The molecule has 0 aliphatic heterocycles. The minimum Gasteiger partial charge on any atom is -0.399 e. The SMILES string of the molecule is Nc1cccc(Nc2c(Br)cncc2[N+](=O)[O-])c1. The zero-order chi connectivity index (χ0) is 13.1. The topological polar surface area (TPSA) is 94.1 Å². The molecule has 0 unspecified atom stereocenters. The van der Waals surface area contributed by atoms with Crippen molar-refractivity contribution in [2.24, 2.45) is 0 Å². The van der Waals surface area contributed by atoms with Crippen LogP contribution in [-0.2, 0) is 0 Å². The predicted molar refractivity (Wildman–Crippen MR) is 72.7 cm³/mol. The zero-order valence-electron chi connectivity index (χ0n) is 9.13. The van der Waals surface area contributed by atoms with E-state index in [1.165, 1.54) is 12.4 Å². The summed E-state index contributed by atoms with van der Waals surface area (Å²) in [6.07, 6.45) is 2.68. The van der Waals surface area contributed by atoms with Crippen molar-refractivity contribution in [1.29, 1.82) is 0 Å². The second-order valence-electron chi connectivity index (χ2n) is 3.52. The Labute approximate surface area is 111 Å². The van der Waals surface area contributed by atoms with Gasteiger partial charge < -0.3 is 11.1 Å². The number of nitrogen functional groups attached to an aromatic ring is 1. The van der Waals surface area contributed by atoms with E-state index < -0.39 is 4.92 Å². The second-order valence-corrected chi connectivity index (χ2v) is 4.38. The maximum absolute atomic E-state index is 10.9. The van der Waals surface area contributed by atoms with E-state index in [0.29, 0.717) is 21.5 Å². The summed E-state index contributed by atoms with van der Waals surface area (Å²) in [7, 11) is 0. The van der Waals surface area contributed by atoms with Crippen LogP contribution in [0.4, 0.5) is 22.7 Å². The van der Waals surface area contributed by atoms with Crippen molar-refractivity contribution in [2.75, 3.05) is 11.1 Å². The normalized spacial score (nSPS) is 10.1. The Kier molecular flexibility index (Phi) is 3.42. The van der Waals surface area contributed by atoms with E-state index >= 15 is 0 Å². The molecule has 0 bridgehead atoms. The van der Waals surface area contributed by atoms with Crippen molar-refractivity contribution in [3.63, 3.8) is 0 Å². The number of nitrogens with zero attached hydrogens (tertiary/aromatic N) is 2. The van der Waals surface area contributed by atoms with Gasteiger partial charge in [-0.25, -0.2) is 0 Å². The van der Waals surface area contributed by atoms with Crippen LogP contribution in [0.2, 0.25) is 0 Å². The lowest BCUT2D eigenvalue weighted by Crippen LogP contribution is -1.99. The molecule has 18 heavy (non-hydrogen) atoms. The van der Waals surface area contributed by atoms with Crippen molar-refractivity contribution >= 4 is 38.7 Å². The van der Waals surface area contributed by atoms with Gasteiger partial charge in [-0.3, -0.25) is 15.1 Å². The molecule has 1 heterocycles. The molecule has 0 spiro atoms. The lowest BCUT2D eigenvalue weighted by Gasteiger charge is -2.09. The molecule has 0 atom stereocenters. The highest BCUT2D eigenvalue weighted by Crippen LogP contribution is 2.33. The van der Waals surface area contributed by atoms with Gasteiger partial charge in [0.15, 0.2) is 0 Å². The third-order valence-corrected chi connectivity index (χ3v) is 2.83. The number of nitrogens with one attached hydrogen (secondary N) is 1. The number of nitro groups is 1. The molecule has 6 nitrogen and oxygen atoms in total. The molecular weight excluding hydrogens is 300 g/mol. The Bertz CT molecular complexity index is 603. The maximum Gasteiger partial charge on any atom is 0.311 e. The number of aromatic nitrogens is 1. The summed E-state index contributed by atoms with van der Waals surface area (Å²) in [5, 5.41) is 13.9. The molecule has 1 aromatic carbocycles. The Morgan fingerprint density at radius 2 is 2.17 bits per heavy atom. The van der Waals surface area contributed by atoms with E-state index in [1.54, 1.807) is 24.3 Å². The molecule has 0 aliphatic rings. The standard InChI is InChI=1S/C11H9BrN4O2/c12-9-5-14-6-10(16(17)18)11(9)15-8-3-1-2-7(13)4-8/h1-6H,13H2,(H,14,15). The number of pyridine rings is 1. The van der Waals surface area contributed by atoms with Gasteiger partial charge in [0.25, 0.3) is 0 Å².